The maximum absolute atomic E-state index is 9.44. The minimum atomic E-state index is 0.167. The topological polar surface area (TPSA) is 17.1 Å². The molecule has 0 aliphatic rings. The van der Waals surface area contributed by atoms with Crippen molar-refractivity contribution >= 4 is 5.78 Å². The van der Waals surface area contributed by atoms with Gasteiger partial charge in [0.1, 0.15) is 5.78 Å². The third kappa shape index (κ3) is 29.5. The van der Waals surface area contributed by atoms with Gasteiger partial charge >= 0.3 is 0 Å². The van der Waals surface area contributed by atoms with E-state index in [0.717, 1.165) is 12.3 Å². The Balaban J connectivity index is -0.000000261. The fourth-order valence-corrected chi connectivity index (χ4v) is 1.38. The SMILES string of the molecule is CC(C)=O.CC(C)C.CCCCC.CCc1ccc(C)c(C)c1. The van der Waals surface area contributed by atoms with Crippen LogP contribution in [0.3, 0.4) is 0 Å². The van der Waals surface area contributed by atoms with Crippen LogP contribution in [0.25, 0.3) is 0 Å². The average molecular weight is 323 g/mol. The molecule has 0 amide bonds. The lowest BCUT2D eigenvalue weighted by Gasteiger charge is -2.01. The molecule has 0 spiro atoms. The molecule has 0 heterocycles. The van der Waals surface area contributed by atoms with E-state index in [1.54, 1.807) is 0 Å². The van der Waals surface area contributed by atoms with Crippen LogP contribution in [0.15, 0.2) is 18.2 Å². The standard InChI is InChI=1S/C10H14.C5H12.C4H10.C3H6O/c1-4-10-6-5-8(2)9(3)7-10;1-3-5-4-2;1-4(2)3;1-3(2)4/h5-7H,4H2,1-3H3;3-5H2,1-2H3;4H,1-3H3;1-2H3. The number of rotatable bonds is 3. The summed E-state index contributed by atoms with van der Waals surface area (Å²) in [4.78, 5) is 9.44. The van der Waals surface area contributed by atoms with E-state index in [0.29, 0.717) is 0 Å². The average Bonchev–Trinajstić information content (AvgIpc) is 2.42. The van der Waals surface area contributed by atoms with Crippen molar-refractivity contribution in [3.05, 3.63) is 34.9 Å². The number of ketones is 1. The van der Waals surface area contributed by atoms with E-state index in [9.17, 15) is 4.79 Å². The molecule has 1 heteroatoms. The third-order valence-corrected chi connectivity index (χ3v) is 2.69. The Morgan fingerprint density at radius 3 is 1.52 bits per heavy atom. The summed E-state index contributed by atoms with van der Waals surface area (Å²) in [5.74, 6) is 1.00. The van der Waals surface area contributed by atoms with Gasteiger partial charge in [-0.15, -0.1) is 0 Å². The molecule has 0 unspecified atom stereocenters. The van der Waals surface area contributed by atoms with E-state index < -0.39 is 0 Å². The fourth-order valence-electron chi connectivity index (χ4n) is 1.38. The lowest BCUT2D eigenvalue weighted by molar-refractivity contribution is -0.114. The van der Waals surface area contributed by atoms with E-state index >= 15 is 0 Å². The lowest BCUT2D eigenvalue weighted by atomic mass is 10.1. The molecule has 1 aromatic rings. The van der Waals surface area contributed by atoms with Gasteiger partial charge in [0.05, 0.1) is 0 Å². The van der Waals surface area contributed by atoms with Crippen LogP contribution in [0.4, 0.5) is 0 Å². The largest absolute Gasteiger partial charge is 0.300 e. The maximum Gasteiger partial charge on any atom is 0.126 e. The highest BCUT2D eigenvalue weighted by molar-refractivity contribution is 5.72. The summed E-state index contributed by atoms with van der Waals surface area (Å²) in [7, 11) is 0. The van der Waals surface area contributed by atoms with Crippen LogP contribution >= 0.6 is 0 Å². The van der Waals surface area contributed by atoms with Crippen molar-refractivity contribution in [3.8, 4) is 0 Å². The normalized spacial score (nSPS) is 8.83. The Morgan fingerprint density at radius 1 is 0.913 bits per heavy atom. The first-order valence-electron chi connectivity index (χ1n) is 9.15. The number of carbonyl (C=O) groups excluding carboxylic acids is 1. The quantitative estimate of drug-likeness (QED) is 0.569. The van der Waals surface area contributed by atoms with Crippen molar-refractivity contribution < 1.29 is 4.79 Å². The molecule has 1 rings (SSSR count). The number of benzene rings is 1. The van der Waals surface area contributed by atoms with Crippen molar-refractivity contribution in [1.82, 2.24) is 0 Å². The minimum Gasteiger partial charge on any atom is -0.300 e. The number of hydrogen-bond donors (Lipinski definition) is 0. The summed E-state index contributed by atoms with van der Waals surface area (Å²) in [6.45, 7) is 20.5. The molecule has 0 N–H and O–H groups in total. The van der Waals surface area contributed by atoms with Gasteiger partial charge in [-0.05, 0) is 56.7 Å². The van der Waals surface area contributed by atoms with Crippen LogP contribution in [0, 0.1) is 19.8 Å². The fraction of sp³-hybridized carbons (Fsp3) is 0.682. The van der Waals surface area contributed by atoms with Gasteiger partial charge in [0.25, 0.3) is 0 Å². The summed E-state index contributed by atoms with van der Waals surface area (Å²) in [5, 5.41) is 0. The van der Waals surface area contributed by atoms with Gasteiger partial charge in [0, 0.05) is 0 Å². The molecule has 136 valence electrons. The molecule has 0 atom stereocenters. The van der Waals surface area contributed by atoms with Crippen LogP contribution in [0.2, 0.25) is 0 Å². The van der Waals surface area contributed by atoms with E-state index in [1.807, 2.05) is 0 Å². The highest BCUT2D eigenvalue weighted by Crippen LogP contribution is 2.09. The summed E-state index contributed by atoms with van der Waals surface area (Å²) in [5.41, 5.74) is 4.22. The van der Waals surface area contributed by atoms with Gasteiger partial charge in [0.2, 0.25) is 0 Å². The van der Waals surface area contributed by atoms with E-state index in [2.05, 4.69) is 73.6 Å². The molecule has 0 bridgehead atoms. The number of Topliss-reactive ketones (excluding diaryl/α,β-unsaturated/α-hetero) is 1. The summed E-state index contributed by atoms with van der Waals surface area (Å²) in [6, 6.07) is 6.64. The predicted molar refractivity (Wildman–Crippen MR) is 107 cm³/mol. The number of unbranched alkanes of at least 4 members (excludes halogenated alkanes) is 2. The second-order valence-electron chi connectivity index (χ2n) is 6.77. The molecule has 0 aliphatic heterocycles. The monoisotopic (exact) mass is 322 g/mol. The van der Waals surface area contributed by atoms with E-state index in [4.69, 9.17) is 0 Å². The van der Waals surface area contributed by atoms with Crippen LogP contribution in [0.5, 0.6) is 0 Å². The molecule has 0 aliphatic carbocycles. The molecule has 0 saturated carbocycles. The first-order chi connectivity index (χ1) is 10.6. The Hall–Kier alpha value is -1.11. The van der Waals surface area contributed by atoms with Gasteiger partial charge in [0.15, 0.2) is 0 Å². The zero-order valence-corrected chi connectivity index (χ0v) is 17.5. The smallest absolute Gasteiger partial charge is 0.126 e. The van der Waals surface area contributed by atoms with Crippen molar-refractivity contribution in [1.29, 1.82) is 0 Å². The molecular weight excluding hydrogens is 280 g/mol. The first kappa shape index (κ1) is 26.8. The van der Waals surface area contributed by atoms with Gasteiger partial charge in [-0.2, -0.15) is 0 Å². The van der Waals surface area contributed by atoms with E-state index in [1.165, 1.54) is 49.8 Å². The number of carbonyl (C=O) groups is 1. The predicted octanol–water partition coefficient (Wildman–Crippen LogP) is 7.32. The molecule has 0 aromatic heterocycles. The van der Waals surface area contributed by atoms with Crippen LogP contribution in [-0.4, -0.2) is 5.78 Å². The number of hydrogen-bond acceptors (Lipinski definition) is 1. The second kappa shape index (κ2) is 18.9. The Morgan fingerprint density at radius 2 is 1.30 bits per heavy atom. The van der Waals surface area contributed by atoms with Crippen molar-refractivity contribution in [2.75, 3.05) is 0 Å². The van der Waals surface area contributed by atoms with Crippen LogP contribution in [0.1, 0.15) is 91.3 Å². The Kier molecular flexibility index (Phi) is 22.0. The first-order valence-corrected chi connectivity index (χ1v) is 9.15. The van der Waals surface area contributed by atoms with Crippen molar-refractivity contribution in [3.63, 3.8) is 0 Å². The zero-order valence-electron chi connectivity index (χ0n) is 17.5. The molecule has 1 nitrogen and oxygen atoms in total. The zero-order chi connectivity index (χ0) is 18.8. The maximum atomic E-state index is 9.44. The van der Waals surface area contributed by atoms with Gasteiger partial charge in [-0.3, -0.25) is 0 Å². The third-order valence-electron chi connectivity index (χ3n) is 2.69. The minimum absolute atomic E-state index is 0.167. The van der Waals surface area contributed by atoms with Crippen LogP contribution < -0.4 is 0 Å². The van der Waals surface area contributed by atoms with Crippen molar-refractivity contribution in [2.24, 2.45) is 5.92 Å². The van der Waals surface area contributed by atoms with E-state index in [-0.39, 0.29) is 5.78 Å². The highest BCUT2D eigenvalue weighted by Gasteiger charge is 1.92. The highest BCUT2D eigenvalue weighted by atomic mass is 16.1. The second-order valence-corrected chi connectivity index (χ2v) is 6.77. The molecule has 23 heavy (non-hydrogen) atoms. The van der Waals surface area contributed by atoms with Gasteiger partial charge in [-0.25, -0.2) is 0 Å². The summed E-state index contributed by atoms with van der Waals surface area (Å²) >= 11 is 0. The molecule has 1 aromatic carbocycles. The van der Waals surface area contributed by atoms with Gasteiger partial charge < -0.3 is 4.79 Å². The van der Waals surface area contributed by atoms with Crippen molar-refractivity contribution in [2.45, 2.75) is 94.9 Å². The summed E-state index contributed by atoms with van der Waals surface area (Å²) in [6.07, 6.45) is 5.22. The summed E-state index contributed by atoms with van der Waals surface area (Å²) < 4.78 is 0. The lowest BCUT2D eigenvalue weighted by Crippen LogP contribution is -1.84. The Labute approximate surface area is 146 Å². The Bertz CT molecular complexity index is 369. The number of aryl methyl sites for hydroxylation is 3. The van der Waals surface area contributed by atoms with Gasteiger partial charge in [-0.1, -0.05) is 79.0 Å². The molecular formula is C22H42O. The molecule has 0 fully saturated rings. The van der Waals surface area contributed by atoms with Crippen LogP contribution in [-0.2, 0) is 11.2 Å². The molecule has 0 saturated heterocycles. The molecule has 0 radical (unpaired) electrons.